The Kier molecular flexibility index (Phi) is 6.50. The van der Waals surface area contributed by atoms with Crippen molar-refractivity contribution in [1.29, 1.82) is 0 Å². The molecule has 0 bridgehead atoms. The molecule has 0 unspecified atom stereocenters. The molecule has 1 N–H and O–H groups in total. The van der Waals surface area contributed by atoms with Crippen LogP contribution in [0.25, 0.3) is 0 Å². The SMILES string of the molecule is CCN1CCN([C@@H](C)CNC(=O)N2[C@H](C)CCC[C@@H]2C)CC1. The van der Waals surface area contributed by atoms with Crippen LogP contribution < -0.4 is 5.32 Å². The number of carbonyl (C=O) groups is 1. The van der Waals surface area contributed by atoms with E-state index in [1.165, 1.54) is 6.42 Å². The monoisotopic (exact) mass is 310 g/mol. The maximum atomic E-state index is 12.5. The Hall–Kier alpha value is -0.810. The van der Waals surface area contributed by atoms with E-state index in [2.05, 4.69) is 42.8 Å². The van der Waals surface area contributed by atoms with Crippen LogP contribution in [0.3, 0.4) is 0 Å². The molecule has 0 radical (unpaired) electrons. The average Bonchev–Trinajstić information content (AvgIpc) is 2.52. The lowest BCUT2D eigenvalue weighted by molar-refractivity contribution is 0.0988. The Morgan fingerprint density at radius 3 is 2.27 bits per heavy atom. The van der Waals surface area contributed by atoms with Crippen LogP contribution in [0.15, 0.2) is 0 Å². The number of piperidine rings is 1. The highest BCUT2D eigenvalue weighted by molar-refractivity contribution is 5.75. The van der Waals surface area contributed by atoms with E-state index in [9.17, 15) is 4.79 Å². The van der Waals surface area contributed by atoms with Crippen LogP contribution in [0, 0.1) is 0 Å². The minimum Gasteiger partial charge on any atom is -0.336 e. The third-order valence-corrected chi connectivity index (χ3v) is 5.45. The minimum absolute atomic E-state index is 0.124. The molecule has 2 fully saturated rings. The molecule has 0 aromatic heterocycles. The molecule has 128 valence electrons. The van der Waals surface area contributed by atoms with Crippen LogP contribution >= 0.6 is 0 Å². The summed E-state index contributed by atoms with van der Waals surface area (Å²) >= 11 is 0. The Morgan fingerprint density at radius 2 is 1.73 bits per heavy atom. The first-order chi connectivity index (χ1) is 10.5. The number of amides is 2. The van der Waals surface area contributed by atoms with E-state index < -0.39 is 0 Å². The van der Waals surface area contributed by atoms with Crippen molar-refractivity contribution in [3.8, 4) is 0 Å². The smallest absolute Gasteiger partial charge is 0.317 e. The lowest BCUT2D eigenvalue weighted by Crippen LogP contribution is -2.55. The fraction of sp³-hybridized carbons (Fsp3) is 0.941. The Balaban J connectivity index is 1.76. The highest BCUT2D eigenvalue weighted by Gasteiger charge is 2.29. The summed E-state index contributed by atoms with van der Waals surface area (Å²) in [5, 5.41) is 3.17. The molecular formula is C17H34N4O. The largest absolute Gasteiger partial charge is 0.336 e. The van der Waals surface area contributed by atoms with Crippen molar-refractivity contribution >= 4 is 6.03 Å². The maximum absolute atomic E-state index is 12.5. The van der Waals surface area contributed by atoms with Crippen molar-refractivity contribution in [2.45, 2.75) is 65.1 Å². The van der Waals surface area contributed by atoms with E-state index >= 15 is 0 Å². The molecule has 0 spiro atoms. The Morgan fingerprint density at radius 1 is 1.14 bits per heavy atom. The van der Waals surface area contributed by atoms with Crippen molar-refractivity contribution in [1.82, 2.24) is 20.0 Å². The first-order valence-electron chi connectivity index (χ1n) is 9.05. The fourth-order valence-electron chi connectivity index (χ4n) is 3.80. The Labute approximate surface area is 136 Å². The second kappa shape index (κ2) is 8.16. The third-order valence-electron chi connectivity index (χ3n) is 5.45. The number of nitrogens with one attached hydrogen (secondary N) is 1. The highest BCUT2D eigenvalue weighted by Crippen LogP contribution is 2.22. The van der Waals surface area contributed by atoms with Crippen LogP contribution in [-0.4, -0.2) is 78.1 Å². The van der Waals surface area contributed by atoms with E-state index in [1.807, 2.05) is 4.90 Å². The summed E-state index contributed by atoms with van der Waals surface area (Å²) in [5.74, 6) is 0. The number of rotatable bonds is 4. The number of carbonyl (C=O) groups excluding carboxylic acids is 1. The summed E-state index contributed by atoms with van der Waals surface area (Å²) in [7, 11) is 0. The molecule has 0 aliphatic carbocycles. The predicted octanol–water partition coefficient (Wildman–Crippen LogP) is 1.98. The molecule has 3 atom stereocenters. The number of hydrogen-bond donors (Lipinski definition) is 1. The van der Waals surface area contributed by atoms with Crippen LogP contribution in [0.5, 0.6) is 0 Å². The standard InChI is InChI=1S/C17H34N4O/c1-5-19-9-11-20(12-10-19)16(4)13-18-17(22)21-14(2)7-6-8-15(21)3/h14-16H,5-13H2,1-4H3,(H,18,22)/t14-,15+,16-/m0/s1. The van der Waals surface area contributed by atoms with E-state index in [0.29, 0.717) is 18.1 Å². The summed E-state index contributed by atoms with van der Waals surface area (Å²) in [5.41, 5.74) is 0. The summed E-state index contributed by atoms with van der Waals surface area (Å²) in [6.45, 7) is 15.2. The van der Waals surface area contributed by atoms with Gasteiger partial charge in [0.1, 0.15) is 0 Å². The number of likely N-dealkylation sites (tertiary alicyclic amines) is 1. The number of nitrogens with zero attached hydrogens (tertiary/aromatic N) is 3. The summed E-state index contributed by atoms with van der Waals surface area (Å²) in [6, 6.07) is 1.27. The van der Waals surface area contributed by atoms with Crippen LogP contribution in [0.2, 0.25) is 0 Å². The number of hydrogen-bond acceptors (Lipinski definition) is 3. The molecule has 2 aliphatic rings. The number of likely N-dealkylation sites (N-methyl/N-ethyl adjacent to an activating group) is 1. The average molecular weight is 310 g/mol. The van der Waals surface area contributed by atoms with Gasteiger partial charge in [0.15, 0.2) is 0 Å². The second-order valence-electron chi connectivity index (χ2n) is 7.04. The van der Waals surface area contributed by atoms with Crippen molar-refractivity contribution < 1.29 is 4.79 Å². The summed E-state index contributed by atoms with van der Waals surface area (Å²) in [6.07, 6.45) is 3.50. The number of urea groups is 1. The lowest BCUT2D eigenvalue weighted by atomic mass is 9.98. The molecule has 0 aromatic rings. The lowest BCUT2D eigenvalue weighted by Gasteiger charge is -2.40. The van der Waals surface area contributed by atoms with Crippen molar-refractivity contribution in [2.75, 3.05) is 39.3 Å². The van der Waals surface area contributed by atoms with Crippen molar-refractivity contribution in [2.24, 2.45) is 0 Å². The van der Waals surface area contributed by atoms with Gasteiger partial charge in [-0.05, 0) is 46.6 Å². The van der Waals surface area contributed by atoms with Gasteiger partial charge in [0, 0.05) is 50.8 Å². The molecule has 2 amide bonds. The molecular weight excluding hydrogens is 276 g/mol. The quantitative estimate of drug-likeness (QED) is 0.863. The van der Waals surface area contributed by atoms with Gasteiger partial charge in [0.2, 0.25) is 0 Å². The van der Waals surface area contributed by atoms with E-state index in [0.717, 1.165) is 52.1 Å². The predicted molar refractivity (Wildman–Crippen MR) is 91.2 cm³/mol. The van der Waals surface area contributed by atoms with E-state index in [-0.39, 0.29) is 6.03 Å². The molecule has 5 nitrogen and oxygen atoms in total. The van der Waals surface area contributed by atoms with E-state index in [4.69, 9.17) is 0 Å². The summed E-state index contributed by atoms with van der Waals surface area (Å²) < 4.78 is 0. The maximum Gasteiger partial charge on any atom is 0.317 e. The van der Waals surface area contributed by atoms with Crippen LogP contribution in [-0.2, 0) is 0 Å². The zero-order chi connectivity index (χ0) is 16.1. The molecule has 5 heteroatoms. The van der Waals surface area contributed by atoms with Gasteiger partial charge in [0.05, 0.1) is 0 Å². The first-order valence-corrected chi connectivity index (χ1v) is 9.05. The van der Waals surface area contributed by atoms with E-state index in [1.54, 1.807) is 0 Å². The van der Waals surface area contributed by atoms with Gasteiger partial charge in [-0.1, -0.05) is 6.92 Å². The molecule has 22 heavy (non-hydrogen) atoms. The molecule has 0 saturated carbocycles. The van der Waals surface area contributed by atoms with Gasteiger partial charge < -0.3 is 15.1 Å². The fourth-order valence-corrected chi connectivity index (χ4v) is 3.80. The molecule has 2 saturated heterocycles. The molecule has 0 aromatic carbocycles. The number of piperazine rings is 1. The van der Waals surface area contributed by atoms with Crippen LogP contribution in [0.4, 0.5) is 4.79 Å². The second-order valence-corrected chi connectivity index (χ2v) is 7.04. The van der Waals surface area contributed by atoms with Gasteiger partial charge in [-0.3, -0.25) is 4.90 Å². The van der Waals surface area contributed by atoms with Crippen molar-refractivity contribution in [3.05, 3.63) is 0 Å². The van der Waals surface area contributed by atoms with Gasteiger partial charge >= 0.3 is 6.03 Å². The zero-order valence-corrected chi connectivity index (χ0v) is 14.8. The normalized spacial score (nSPS) is 29.4. The summed E-state index contributed by atoms with van der Waals surface area (Å²) in [4.78, 5) is 19.5. The highest BCUT2D eigenvalue weighted by atomic mass is 16.2. The zero-order valence-electron chi connectivity index (χ0n) is 14.8. The molecule has 2 heterocycles. The first kappa shape index (κ1) is 17.5. The topological polar surface area (TPSA) is 38.8 Å². The van der Waals surface area contributed by atoms with Crippen LogP contribution in [0.1, 0.15) is 47.0 Å². The van der Waals surface area contributed by atoms with Gasteiger partial charge in [-0.15, -0.1) is 0 Å². The molecule has 2 aliphatic heterocycles. The van der Waals surface area contributed by atoms with Gasteiger partial charge in [-0.2, -0.15) is 0 Å². The van der Waals surface area contributed by atoms with Crippen molar-refractivity contribution in [3.63, 3.8) is 0 Å². The third kappa shape index (κ3) is 4.35. The van der Waals surface area contributed by atoms with Gasteiger partial charge in [-0.25, -0.2) is 4.79 Å². The van der Waals surface area contributed by atoms with Gasteiger partial charge in [0.25, 0.3) is 0 Å². The minimum atomic E-state index is 0.124. The Bertz CT molecular complexity index is 345. The molecule has 2 rings (SSSR count).